The summed E-state index contributed by atoms with van der Waals surface area (Å²) in [5, 5.41) is 2.87. The Hall–Kier alpha value is -3.35. The lowest BCUT2D eigenvalue weighted by Gasteiger charge is -2.15. The Morgan fingerprint density at radius 1 is 1.11 bits per heavy atom. The molecule has 0 bridgehead atoms. The van der Waals surface area contributed by atoms with Crippen LogP contribution in [-0.2, 0) is 6.54 Å². The number of benzene rings is 1. The van der Waals surface area contributed by atoms with E-state index in [4.69, 9.17) is 0 Å². The summed E-state index contributed by atoms with van der Waals surface area (Å²) in [5.74, 6) is 0.675. The quantitative estimate of drug-likeness (QED) is 0.726. The number of carbonyl (C=O) groups excluding carboxylic acids is 1. The van der Waals surface area contributed by atoms with Gasteiger partial charge >= 0.3 is 0 Å². The Morgan fingerprint density at radius 2 is 1.96 bits per heavy atom. The molecule has 0 saturated heterocycles. The van der Waals surface area contributed by atoms with Gasteiger partial charge in [0.05, 0.1) is 29.8 Å². The van der Waals surface area contributed by atoms with Gasteiger partial charge in [0.15, 0.2) is 0 Å². The molecule has 138 valence electrons. The van der Waals surface area contributed by atoms with Gasteiger partial charge in [-0.1, -0.05) is 12.1 Å². The van der Waals surface area contributed by atoms with Crippen molar-refractivity contribution in [3.8, 4) is 11.3 Å². The molecule has 0 fully saturated rings. The maximum absolute atomic E-state index is 12.5. The first-order valence-corrected chi connectivity index (χ1v) is 8.76. The second-order valence-electron chi connectivity index (χ2n) is 6.19. The Kier molecular flexibility index (Phi) is 5.71. The fourth-order valence-corrected chi connectivity index (χ4v) is 2.48. The number of anilines is 1. The molecule has 2 aromatic heterocycles. The molecule has 0 aliphatic rings. The van der Waals surface area contributed by atoms with E-state index < -0.39 is 0 Å². The van der Waals surface area contributed by atoms with E-state index in [9.17, 15) is 4.79 Å². The Morgan fingerprint density at radius 3 is 2.70 bits per heavy atom. The van der Waals surface area contributed by atoms with E-state index in [1.54, 1.807) is 24.8 Å². The van der Waals surface area contributed by atoms with Gasteiger partial charge in [-0.25, -0.2) is 9.97 Å². The maximum Gasteiger partial charge on any atom is 0.251 e. The summed E-state index contributed by atoms with van der Waals surface area (Å²) < 4.78 is 0. The van der Waals surface area contributed by atoms with Crippen LogP contribution in [0.1, 0.15) is 28.7 Å². The van der Waals surface area contributed by atoms with Crippen LogP contribution in [0.2, 0.25) is 0 Å². The number of nitrogens with zero attached hydrogens (tertiary/aromatic N) is 5. The van der Waals surface area contributed by atoms with Crippen molar-refractivity contribution < 1.29 is 4.79 Å². The Bertz CT molecular complexity index is 926. The average molecular weight is 362 g/mol. The molecule has 27 heavy (non-hydrogen) atoms. The zero-order valence-electron chi connectivity index (χ0n) is 15.7. The number of carbonyl (C=O) groups is 1. The summed E-state index contributed by atoms with van der Waals surface area (Å²) in [6.07, 6.45) is 4.89. The molecule has 3 aromatic rings. The van der Waals surface area contributed by atoms with E-state index in [1.807, 2.05) is 43.1 Å². The smallest absolute Gasteiger partial charge is 0.251 e. The third-order valence-corrected chi connectivity index (χ3v) is 4.20. The highest BCUT2D eigenvalue weighted by atomic mass is 16.1. The summed E-state index contributed by atoms with van der Waals surface area (Å²) in [6.45, 7) is 5.11. The lowest BCUT2D eigenvalue weighted by Crippen LogP contribution is -2.23. The van der Waals surface area contributed by atoms with Gasteiger partial charge < -0.3 is 10.2 Å². The number of hydrogen-bond acceptors (Lipinski definition) is 6. The van der Waals surface area contributed by atoms with Crippen LogP contribution in [0.3, 0.4) is 0 Å². The van der Waals surface area contributed by atoms with Gasteiger partial charge in [0.1, 0.15) is 12.1 Å². The molecule has 1 amide bonds. The van der Waals surface area contributed by atoms with Crippen LogP contribution in [0.5, 0.6) is 0 Å². The molecule has 7 nitrogen and oxygen atoms in total. The van der Waals surface area contributed by atoms with Gasteiger partial charge in [-0.3, -0.25) is 14.8 Å². The highest BCUT2D eigenvalue weighted by Gasteiger charge is 2.10. The van der Waals surface area contributed by atoms with Crippen LogP contribution in [0.25, 0.3) is 11.3 Å². The van der Waals surface area contributed by atoms with Crippen molar-refractivity contribution in [2.75, 3.05) is 18.5 Å². The molecule has 0 radical (unpaired) electrons. The first kappa shape index (κ1) is 18.4. The average Bonchev–Trinajstić information content (AvgIpc) is 2.72. The van der Waals surface area contributed by atoms with Gasteiger partial charge in [-0.2, -0.15) is 0 Å². The number of aryl methyl sites for hydroxylation is 1. The highest BCUT2D eigenvalue weighted by Crippen LogP contribution is 2.21. The van der Waals surface area contributed by atoms with Crippen molar-refractivity contribution in [1.82, 2.24) is 25.3 Å². The number of hydrogen-bond donors (Lipinski definition) is 1. The SMILES string of the molecule is CCN(C)c1cc(-c2cccc(C(=O)NCc3cnc(C)cn3)c2)ncn1. The minimum absolute atomic E-state index is 0.167. The summed E-state index contributed by atoms with van der Waals surface area (Å²) >= 11 is 0. The molecule has 0 saturated carbocycles. The van der Waals surface area contributed by atoms with Gasteiger partial charge in [0.2, 0.25) is 0 Å². The molecule has 0 atom stereocenters. The van der Waals surface area contributed by atoms with Gasteiger partial charge in [-0.15, -0.1) is 0 Å². The molecule has 0 aliphatic heterocycles. The molecule has 2 heterocycles. The van der Waals surface area contributed by atoms with Crippen LogP contribution >= 0.6 is 0 Å². The van der Waals surface area contributed by atoms with Crippen molar-refractivity contribution in [1.29, 1.82) is 0 Å². The van der Waals surface area contributed by atoms with Crippen LogP contribution in [0, 0.1) is 6.92 Å². The predicted octanol–water partition coefficient (Wildman–Crippen LogP) is 2.63. The summed E-state index contributed by atoms with van der Waals surface area (Å²) in [4.78, 5) is 31.6. The van der Waals surface area contributed by atoms with E-state index in [0.29, 0.717) is 17.8 Å². The molecule has 1 aromatic carbocycles. The normalized spacial score (nSPS) is 10.5. The second kappa shape index (κ2) is 8.35. The first-order chi connectivity index (χ1) is 13.1. The molecule has 0 unspecified atom stereocenters. The van der Waals surface area contributed by atoms with E-state index in [-0.39, 0.29) is 5.91 Å². The number of nitrogens with one attached hydrogen (secondary N) is 1. The van der Waals surface area contributed by atoms with Crippen LogP contribution in [0.15, 0.2) is 49.1 Å². The zero-order valence-corrected chi connectivity index (χ0v) is 15.7. The fourth-order valence-electron chi connectivity index (χ4n) is 2.48. The first-order valence-electron chi connectivity index (χ1n) is 8.76. The molecular formula is C20H22N6O. The Balaban J connectivity index is 1.75. The van der Waals surface area contributed by atoms with E-state index in [1.165, 1.54) is 0 Å². The van der Waals surface area contributed by atoms with Crippen molar-refractivity contribution in [2.24, 2.45) is 0 Å². The molecule has 7 heteroatoms. The van der Waals surface area contributed by atoms with Gasteiger partial charge in [0.25, 0.3) is 5.91 Å². The number of rotatable bonds is 6. The van der Waals surface area contributed by atoms with Crippen LogP contribution < -0.4 is 10.2 Å². The highest BCUT2D eigenvalue weighted by molar-refractivity contribution is 5.95. The van der Waals surface area contributed by atoms with E-state index in [0.717, 1.165) is 29.3 Å². The fraction of sp³-hybridized carbons (Fsp3) is 0.250. The largest absolute Gasteiger partial charge is 0.360 e. The lowest BCUT2D eigenvalue weighted by atomic mass is 10.1. The van der Waals surface area contributed by atoms with E-state index >= 15 is 0 Å². The summed E-state index contributed by atoms with van der Waals surface area (Å²) in [5.41, 5.74) is 3.77. The third kappa shape index (κ3) is 4.63. The third-order valence-electron chi connectivity index (χ3n) is 4.20. The van der Waals surface area contributed by atoms with Crippen LogP contribution in [-0.4, -0.2) is 39.4 Å². The van der Waals surface area contributed by atoms with Gasteiger partial charge in [0, 0.05) is 37.0 Å². The molecule has 3 rings (SSSR count). The van der Waals surface area contributed by atoms with E-state index in [2.05, 4.69) is 32.2 Å². The second-order valence-corrected chi connectivity index (χ2v) is 6.19. The summed E-state index contributed by atoms with van der Waals surface area (Å²) in [6, 6.07) is 9.30. The minimum Gasteiger partial charge on any atom is -0.360 e. The lowest BCUT2D eigenvalue weighted by molar-refractivity contribution is 0.0950. The monoisotopic (exact) mass is 362 g/mol. The van der Waals surface area contributed by atoms with Crippen molar-refractivity contribution in [3.05, 3.63) is 66.0 Å². The molecule has 0 aliphatic carbocycles. The summed E-state index contributed by atoms with van der Waals surface area (Å²) in [7, 11) is 1.98. The Labute approximate surface area is 158 Å². The standard InChI is InChI=1S/C20H22N6O/c1-4-26(3)19-9-18(24-13-25-19)15-6-5-7-16(8-15)20(27)23-12-17-11-21-14(2)10-22-17/h5-11,13H,4,12H2,1-3H3,(H,23,27). The minimum atomic E-state index is -0.167. The topological polar surface area (TPSA) is 83.9 Å². The van der Waals surface area contributed by atoms with Gasteiger partial charge in [-0.05, 0) is 26.0 Å². The number of aromatic nitrogens is 4. The maximum atomic E-state index is 12.5. The predicted molar refractivity (Wildman–Crippen MR) is 104 cm³/mol. The van der Waals surface area contributed by atoms with Crippen molar-refractivity contribution in [2.45, 2.75) is 20.4 Å². The van der Waals surface area contributed by atoms with Crippen molar-refractivity contribution >= 4 is 11.7 Å². The molecule has 1 N–H and O–H groups in total. The number of amides is 1. The van der Waals surface area contributed by atoms with Crippen LogP contribution in [0.4, 0.5) is 5.82 Å². The molecular weight excluding hydrogens is 340 g/mol. The molecule has 0 spiro atoms. The van der Waals surface area contributed by atoms with Crippen molar-refractivity contribution in [3.63, 3.8) is 0 Å². The zero-order chi connectivity index (χ0) is 19.2.